The number of piperidine rings is 1. The summed E-state index contributed by atoms with van der Waals surface area (Å²) in [7, 11) is 0. The monoisotopic (exact) mass is 391 g/mol. The van der Waals surface area contributed by atoms with Gasteiger partial charge in [-0.25, -0.2) is 4.98 Å². The second-order valence-electron chi connectivity index (χ2n) is 7.24. The van der Waals surface area contributed by atoms with E-state index >= 15 is 0 Å². The minimum Gasteiger partial charge on any atom is -0.368 e. The maximum atomic E-state index is 12.5. The molecule has 24 heavy (non-hydrogen) atoms. The minimum absolute atomic E-state index is 0.0877. The van der Waals surface area contributed by atoms with Gasteiger partial charge in [-0.2, -0.15) is 0 Å². The molecule has 128 valence electrons. The molecule has 0 unspecified atom stereocenters. The van der Waals surface area contributed by atoms with Crippen molar-refractivity contribution in [3.63, 3.8) is 0 Å². The Morgan fingerprint density at radius 3 is 3.04 bits per heavy atom. The van der Waals surface area contributed by atoms with E-state index in [2.05, 4.69) is 36.1 Å². The average Bonchev–Trinajstić information content (AvgIpc) is 3.19. The number of nitrogens with one attached hydrogen (secondary N) is 2. The van der Waals surface area contributed by atoms with Crippen LogP contribution in [0.4, 0.5) is 11.4 Å². The lowest BCUT2D eigenvalue weighted by molar-refractivity contribution is -0.120. The van der Waals surface area contributed by atoms with Crippen LogP contribution in [0.15, 0.2) is 16.9 Å². The number of anilines is 2. The van der Waals surface area contributed by atoms with Crippen LogP contribution < -0.4 is 16.0 Å². The number of amides is 1. The molecule has 1 amide bonds. The number of hydrogen-bond acceptors (Lipinski definition) is 4. The largest absolute Gasteiger partial charge is 0.368 e. The van der Waals surface area contributed by atoms with E-state index in [1.807, 2.05) is 19.3 Å². The normalized spacial score (nSPS) is 22.6. The van der Waals surface area contributed by atoms with Crippen LogP contribution in [0.1, 0.15) is 32.6 Å². The molecule has 0 bridgehead atoms. The first-order valence-corrected chi connectivity index (χ1v) is 9.25. The Hall–Kier alpha value is -1.60. The number of nitrogens with zero attached hydrogens (tertiary/aromatic N) is 2. The van der Waals surface area contributed by atoms with Crippen molar-refractivity contribution in [2.24, 2.45) is 11.1 Å². The maximum Gasteiger partial charge on any atom is 0.230 e. The molecule has 7 heteroatoms. The Labute approximate surface area is 149 Å². The van der Waals surface area contributed by atoms with Crippen molar-refractivity contribution in [3.05, 3.63) is 16.9 Å². The molecule has 4 rings (SSSR count). The van der Waals surface area contributed by atoms with E-state index in [4.69, 9.17) is 5.73 Å². The van der Waals surface area contributed by atoms with Crippen molar-refractivity contribution in [1.82, 2.24) is 9.97 Å². The Balaban J connectivity index is 1.75. The zero-order valence-corrected chi connectivity index (χ0v) is 15.3. The van der Waals surface area contributed by atoms with E-state index < -0.39 is 0 Å². The molecular formula is C17H22BrN5O. The fourth-order valence-electron chi connectivity index (χ4n) is 3.36. The Kier molecular flexibility index (Phi) is 3.80. The number of aromatic amines is 1. The molecule has 2 fully saturated rings. The van der Waals surface area contributed by atoms with Gasteiger partial charge in [0.1, 0.15) is 5.65 Å². The summed E-state index contributed by atoms with van der Waals surface area (Å²) >= 11 is 3.64. The summed E-state index contributed by atoms with van der Waals surface area (Å²) in [5.41, 5.74) is 8.60. The standard InChI is InChI=1S/C17H22BrN5O/c1-17(4-5-17)16(24)22-12-8-21-15-13(12)14(11(18)7-20-15)23-6-2-3-10(19)9-23/h7-8,10H,2-6,9,19H2,1H3,(H,20,21)(H,22,24)/t10-/m1/s1. The number of aromatic nitrogens is 2. The van der Waals surface area contributed by atoms with Gasteiger partial charge < -0.3 is 20.9 Å². The highest BCUT2D eigenvalue weighted by Crippen LogP contribution is 2.46. The van der Waals surface area contributed by atoms with E-state index in [1.54, 1.807) is 0 Å². The van der Waals surface area contributed by atoms with Crippen LogP contribution in [-0.2, 0) is 4.79 Å². The van der Waals surface area contributed by atoms with Gasteiger partial charge in [-0.05, 0) is 41.6 Å². The van der Waals surface area contributed by atoms with Gasteiger partial charge in [-0.15, -0.1) is 0 Å². The number of pyridine rings is 1. The second kappa shape index (κ2) is 5.74. The molecule has 0 aromatic carbocycles. The topological polar surface area (TPSA) is 87.0 Å². The van der Waals surface area contributed by atoms with Crippen molar-refractivity contribution in [3.8, 4) is 0 Å². The first-order chi connectivity index (χ1) is 11.5. The van der Waals surface area contributed by atoms with Crippen LogP contribution in [0.3, 0.4) is 0 Å². The van der Waals surface area contributed by atoms with Gasteiger partial charge >= 0.3 is 0 Å². The first kappa shape index (κ1) is 15.9. The number of carbonyl (C=O) groups is 1. The molecular weight excluding hydrogens is 370 g/mol. The molecule has 1 saturated heterocycles. The number of hydrogen-bond donors (Lipinski definition) is 3. The third kappa shape index (κ3) is 2.69. The zero-order chi connectivity index (χ0) is 16.9. The minimum atomic E-state index is -0.212. The van der Waals surface area contributed by atoms with Gasteiger partial charge in [0.2, 0.25) is 5.91 Å². The number of rotatable bonds is 3. The van der Waals surface area contributed by atoms with Crippen molar-refractivity contribution >= 4 is 44.2 Å². The number of nitrogens with two attached hydrogens (primary N) is 1. The Morgan fingerprint density at radius 1 is 1.54 bits per heavy atom. The second-order valence-corrected chi connectivity index (χ2v) is 8.10. The van der Waals surface area contributed by atoms with Gasteiger partial charge in [0.05, 0.1) is 21.2 Å². The van der Waals surface area contributed by atoms with Crippen molar-refractivity contribution in [2.45, 2.75) is 38.6 Å². The summed E-state index contributed by atoms with van der Waals surface area (Å²) in [6, 6.07) is 0.177. The molecule has 4 N–H and O–H groups in total. The third-order valence-electron chi connectivity index (χ3n) is 5.20. The van der Waals surface area contributed by atoms with Crippen molar-refractivity contribution in [2.75, 3.05) is 23.3 Å². The average molecular weight is 392 g/mol. The Morgan fingerprint density at radius 2 is 2.33 bits per heavy atom. The highest BCUT2D eigenvalue weighted by Gasteiger charge is 2.45. The highest BCUT2D eigenvalue weighted by molar-refractivity contribution is 9.10. The molecule has 2 aromatic heterocycles. The van der Waals surface area contributed by atoms with Gasteiger partial charge in [0.25, 0.3) is 0 Å². The lowest BCUT2D eigenvalue weighted by atomic mass is 10.1. The van der Waals surface area contributed by atoms with Crippen LogP contribution in [0.5, 0.6) is 0 Å². The molecule has 1 aliphatic carbocycles. The van der Waals surface area contributed by atoms with E-state index in [1.165, 1.54) is 0 Å². The third-order valence-corrected chi connectivity index (χ3v) is 5.78. The molecule has 1 saturated carbocycles. The summed E-state index contributed by atoms with van der Waals surface area (Å²) in [6.07, 6.45) is 7.68. The fraction of sp³-hybridized carbons (Fsp3) is 0.529. The van der Waals surface area contributed by atoms with Crippen LogP contribution in [0, 0.1) is 5.41 Å². The zero-order valence-electron chi connectivity index (χ0n) is 13.7. The smallest absolute Gasteiger partial charge is 0.230 e. The lowest BCUT2D eigenvalue weighted by Gasteiger charge is -2.33. The predicted octanol–water partition coefficient (Wildman–Crippen LogP) is 2.99. The SMILES string of the molecule is CC1(C(=O)Nc2c[nH]c3ncc(Br)c(N4CCC[C@@H](N)C4)c23)CC1. The van der Waals surface area contributed by atoms with Gasteiger partial charge in [0, 0.05) is 36.9 Å². The fourth-order valence-corrected chi connectivity index (χ4v) is 3.92. The molecule has 1 atom stereocenters. The first-order valence-electron chi connectivity index (χ1n) is 8.45. The van der Waals surface area contributed by atoms with Gasteiger partial charge in [-0.1, -0.05) is 6.92 Å². The van der Waals surface area contributed by atoms with Crippen LogP contribution >= 0.6 is 15.9 Å². The van der Waals surface area contributed by atoms with Crippen LogP contribution in [-0.4, -0.2) is 35.0 Å². The summed E-state index contributed by atoms with van der Waals surface area (Å²) in [6.45, 7) is 3.78. The van der Waals surface area contributed by atoms with Crippen molar-refractivity contribution in [1.29, 1.82) is 0 Å². The molecule has 2 aromatic rings. The van der Waals surface area contributed by atoms with Crippen molar-refractivity contribution < 1.29 is 4.79 Å². The van der Waals surface area contributed by atoms with Crippen LogP contribution in [0.25, 0.3) is 11.0 Å². The summed E-state index contributed by atoms with van der Waals surface area (Å²) in [5, 5.41) is 4.05. The molecule has 2 aliphatic rings. The molecule has 6 nitrogen and oxygen atoms in total. The summed E-state index contributed by atoms with van der Waals surface area (Å²) in [4.78, 5) is 22.4. The van der Waals surface area contributed by atoms with E-state index in [0.29, 0.717) is 0 Å². The summed E-state index contributed by atoms with van der Waals surface area (Å²) in [5.74, 6) is 0.0877. The lowest BCUT2D eigenvalue weighted by Crippen LogP contribution is -2.43. The molecule has 0 radical (unpaired) electrons. The number of carbonyl (C=O) groups excluding carboxylic acids is 1. The number of fused-ring (bicyclic) bond motifs is 1. The molecule has 3 heterocycles. The van der Waals surface area contributed by atoms with Gasteiger partial charge in [-0.3, -0.25) is 4.79 Å². The number of halogens is 1. The van der Waals surface area contributed by atoms with Gasteiger partial charge in [0.15, 0.2) is 0 Å². The van der Waals surface area contributed by atoms with Crippen LogP contribution in [0.2, 0.25) is 0 Å². The predicted molar refractivity (Wildman–Crippen MR) is 99.2 cm³/mol. The quantitative estimate of drug-likeness (QED) is 0.750. The van der Waals surface area contributed by atoms with E-state index in [0.717, 1.165) is 65.7 Å². The van der Waals surface area contributed by atoms with E-state index in [9.17, 15) is 4.79 Å². The van der Waals surface area contributed by atoms with E-state index in [-0.39, 0.29) is 17.4 Å². The maximum absolute atomic E-state index is 12.5. The highest BCUT2D eigenvalue weighted by atomic mass is 79.9. The number of H-pyrrole nitrogens is 1. The summed E-state index contributed by atoms with van der Waals surface area (Å²) < 4.78 is 0.928. The Bertz CT molecular complexity index is 798. The molecule has 0 spiro atoms. The molecule has 1 aliphatic heterocycles.